The van der Waals surface area contributed by atoms with Crippen LogP contribution in [0.5, 0.6) is 0 Å². The largest absolute Gasteiger partial charge is 0.465 e. The predicted octanol–water partition coefficient (Wildman–Crippen LogP) is 2.81. The van der Waals surface area contributed by atoms with Crippen molar-refractivity contribution in [1.29, 1.82) is 0 Å². The Balaban J connectivity index is 1.76. The number of carbonyl (C=O) groups is 1. The molecule has 0 bridgehead atoms. The lowest BCUT2D eigenvalue weighted by molar-refractivity contribution is -0.145. The SMILES string of the molecule is CCCCOC(=O)CN1CCN(c2ccccc2Cl)CC1. The van der Waals surface area contributed by atoms with Crippen LogP contribution in [0.2, 0.25) is 5.02 Å². The Morgan fingerprint density at radius 2 is 1.95 bits per heavy atom. The molecule has 0 aromatic heterocycles. The van der Waals surface area contributed by atoms with Crippen LogP contribution in [-0.4, -0.2) is 50.2 Å². The molecule has 0 N–H and O–H groups in total. The number of para-hydroxylation sites is 1. The number of halogens is 1. The number of piperazine rings is 1. The van der Waals surface area contributed by atoms with Crippen molar-refractivity contribution in [2.24, 2.45) is 0 Å². The Hall–Kier alpha value is -1.26. The van der Waals surface area contributed by atoms with E-state index in [1.165, 1.54) is 0 Å². The first-order chi connectivity index (χ1) is 10.2. The second-order valence-electron chi connectivity index (χ2n) is 5.29. The highest BCUT2D eigenvalue weighted by Gasteiger charge is 2.20. The molecule has 21 heavy (non-hydrogen) atoms. The second kappa shape index (κ2) is 8.25. The van der Waals surface area contributed by atoms with Gasteiger partial charge in [0.1, 0.15) is 0 Å². The first-order valence-corrected chi connectivity index (χ1v) is 7.96. The van der Waals surface area contributed by atoms with Crippen LogP contribution in [0.1, 0.15) is 19.8 Å². The van der Waals surface area contributed by atoms with Gasteiger partial charge in [-0.1, -0.05) is 37.1 Å². The third kappa shape index (κ3) is 4.90. The number of hydrogen-bond acceptors (Lipinski definition) is 4. The first-order valence-electron chi connectivity index (χ1n) is 7.58. The fourth-order valence-electron chi connectivity index (χ4n) is 2.41. The number of hydrogen-bond donors (Lipinski definition) is 0. The Labute approximate surface area is 131 Å². The van der Waals surface area contributed by atoms with Gasteiger partial charge < -0.3 is 9.64 Å². The highest BCUT2D eigenvalue weighted by Crippen LogP contribution is 2.25. The van der Waals surface area contributed by atoms with Crippen LogP contribution in [0.15, 0.2) is 24.3 Å². The van der Waals surface area contributed by atoms with Gasteiger partial charge in [-0.3, -0.25) is 9.69 Å². The van der Waals surface area contributed by atoms with E-state index in [1.807, 2.05) is 24.3 Å². The maximum absolute atomic E-state index is 11.7. The van der Waals surface area contributed by atoms with Crippen LogP contribution >= 0.6 is 11.6 Å². The molecule has 2 rings (SSSR count). The molecule has 1 aliphatic rings. The number of carbonyl (C=O) groups excluding carboxylic acids is 1. The van der Waals surface area contributed by atoms with Crippen molar-refractivity contribution in [3.63, 3.8) is 0 Å². The Morgan fingerprint density at radius 1 is 1.24 bits per heavy atom. The monoisotopic (exact) mass is 310 g/mol. The van der Waals surface area contributed by atoms with Crippen LogP contribution in [0, 0.1) is 0 Å². The number of benzene rings is 1. The van der Waals surface area contributed by atoms with Gasteiger partial charge in [0.15, 0.2) is 0 Å². The summed E-state index contributed by atoms with van der Waals surface area (Å²) < 4.78 is 5.20. The number of esters is 1. The van der Waals surface area contributed by atoms with E-state index in [4.69, 9.17) is 16.3 Å². The molecule has 0 atom stereocenters. The van der Waals surface area contributed by atoms with Crippen LogP contribution in [0.25, 0.3) is 0 Å². The van der Waals surface area contributed by atoms with Crippen LogP contribution in [0.4, 0.5) is 5.69 Å². The summed E-state index contributed by atoms with van der Waals surface area (Å²) >= 11 is 6.22. The smallest absolute Gasteiger partial charge is 0.320 e. The third-order valence-electron chi connectivity index (χ3n) is 3.68. The normalized spacial score (nSPS) is 16.0. The minimum atomic E-state index is -0.116. The van der Waals surface area contributed by atoms with Gasteiger partial charge in [-0.2, -0.15) is 0 Å². The van der Waals surface area contributed by atoms with Crippen LogP contribution in [-0.2, 0) is 9.53 Å². The van der Waals surface area contributed by atoms with E-state index in [1.54, 1.807) is 0 Å². The van der Waals surface area contributed by atoms with Crippen molar-refractivity contribution >= 4 is 23.3 Å². The van der Waals surface area contributed by atoms with Crippen LogP contribution < -0.4 is 4.90 Å². The molecule has 0 saturated carbocycles. The average molecular weight is 311 g/mol. The standard InChI is InChI=1S/C16H23ClN2O2/c1-2-3-12-21-16(20)13-18-8-10-19(11-9-18)15-7-5-4-6-14(15)17/h4-7H,2-3,8-13H2,1H3. The van der Waals surface area contributed by atoms with Gasteiger partial charge in [-0.15, -0.1) is 0 Å². The summed E-state index contributed by atoms with van der Waals surface area (Å²) in [5, 5.41) is 0.782. The molecule has 1 aromatic rings. The van der Waals surface area contributed by atoms with Gasteiger partial charge >= 0.3 is 5.97 Å². The summed E-state index contributed by atoms with van der Waals surface area (Å²) in [4.78, 5) is 16.1. The lowest BCUT2D eigenvalue weighted by Crippen LogP contribution is -2.48. The zero-order valence-corrected chi connectivity index (χ0v) is 13.3. The van der Waals surface area contributed by atoms with Gasteiger partial charge in [0.05, 0.1) is 23.9 Å². The average Bonchev–Trinajstić information content (AvgIpc) is 2.49. The van der Waals surface area contributed by atoms with Crippen molar-refractivity contribution in [3.05, 3.63) is 29.3 Å². The maximum atomic E-state index is 11.7. The van der Waals surface area contributed by atoms with Gasteiger partial charge in [-0.05, 0) is 18.6 Å². The van der Waals surface area contributed by atoms with E-state index < -0.39 is 0 Å². The summed E-state index contributed by atoms with van der Waals surface area (Å²) in [6, 6.07) is 7.89. The molecule has 0 amide bonds. The highest BCUT2D eigenvalue weighted by molar-refractivity contribution is 6.33. The molecule has 1 saturated heterocycles. The van der Waals surface area contributed by atoms with E-state index >= 15 is 0 Å². The fourth-order valence-corrected chi connectivity index (χ4v) is 2.67. The maximum Gasteiger partial charge on any atom is 0.320 e. The van der Waals surface area contributed by atoms with E-state index in [2.05, 4.69) is 16.7 Å². The minimum Gasteiger partial charge on any atom is -0.465 e. The molecular weight excluding hydrogens is 288 g/mol. The molecule has 5 heteroatoms. The molecule has 1 heterocycles. The number of nitrogens with zero attached hydrogens (tertiary/aromatic N) is 2. The Bertz CT molecular complexity index is 459. The second-order valence-corrected chi connectivity index (χ2v) is 5.70. The van der Waals surface area contributed by atoms with Gasteiger partial charge in [-0.25, -0.2) is 0 Å². The zero-order chi connectivity index (χ0) is 15.1. The molecule has 116 valence electrons. The molecular formula is C16H23ClN2O2. The highest BCUT2D eigenvalue weighted by atomic mass is 35.5. The number of ether oxygens (including phenoxy) is 1. The number of anilines is 1. The summed E-state index contributed by atoms with van der Waals surface area (Å²) in [6.07, 6.45) is 1.98. The zero-order valence-electron chi connectivity index (χ0n) is 12.6. The molecule has 0 aliphatic carbocycles. The van der Waals surface area contributed by atoms with Crippen molar-refractivity contribution < 1.29 is 9.53 Å². The minimum absolute atomic E-state index is 0.116. The quantitative estimate of drug-likeness (QED) is 0.597. The van der Waals surface area contributed by atoms with Crippen molar-refractivity contribution in [1.82, 2.24) is 4.90 Å². The summed E-state index contributed by atoms with van der Waals surface area (Å²) in [7, 11) is 0. The topological polar surface area (TPSA) is 32.8 Å². The molecule has 0 radical (unpaired) electrons. The molecule has 1 aliphatic heterocycles. The first kappa shape index (κ1) is 16.1. The van der Waals surface area contributed by atoms with Crippen molar-refractivity contribution in [3.8, 4) is 0 Å². The number of unbranched alkanes of at least 4 members (excludes halogenated alkanes) is 1. The summed E-state index contributed by atoms with van der Waals surface area (Å²) in [5.74, 6) is -0.116. The van der Waals surface area contributed by atoms with Gasteiger partial charge in [0.2, 0.25) is 0 Å². The molecule has 0 unspecified atom stereocenters. The van der Waals surface area contributed by atoms with E-state index in [-0.39, 0.29) is 5.97 Å². The van der Waals surface area contributed by atoms with Crippen molar-refractivity contribution in [2.45, 2.75) is 19.8 Å². The summed E-state index contributed by atoms with van der Waals surface area (Å²) in [6.45, 7) is 6.48. The lowest BCUT2D eigenvalue weighted by atomic mass is 10.2. The fraction of sp³-hybridized carbons (Fsp3) is 0.562. The predicted molar refractivity (Wildman–Crippen MR) is 86.0 cm³/mol. The number of rotatable bonds is 6. The van der Waals surface area contributed by atoms with E-state index in [0.717, 1.165) is 49.7 Å². The van der Waals surface area contributed by atoms with Gasteiger partial charge in [0.25, 0.3) is 0 Å². The Kier molecular flexibility index (Phi) is 6.33. The Morgan fingerprint density at radius 3 is 2.62 bits per heavy atom. The van der Waals surface area contributed by atoms with Crippen molar-refractivity contribution in [2.75, 3.05) is 44.2 Å². The lowest BCUT2D eigenvalue weighted by Gasteiger charge is -2.35. The third-order valence-corrected chi connectivity index (χ3v) is 4.00. The molecule has 0 spiro atoms. The molecule has 1 aromatic carbocycles. The van der Waals surface area contributed by atoms with Crippen LogP contribution in [0.3, 0.4) is 0 Å². The van der Waals surface area contributed by atoms with E-state index in [0.29, 0.717) is 13.2 Å². The van der Waals surface area contributed by atoms with Gasteiger partial charge in [0, 0.05) is 26.2 Å². The summed E-state index contributed by atoms with van der Waals surface area (Å²) in [5.41, 5.74) is 1.07. The van der Waals surface area contributed by atoms with E-state index in [9.17, 15) is 4.79 Å². The molecule has 1 fully saturated rings. The molecule has 4 nitrogen and oxygen atoms in total.